The Kier molecular flexibility index (Phi) is 4.24. The lowest BCUT2D eigenvalue weighted by molar-refractivity contribution is -0.137. The predicted molar refractivity (Wildman–Crippen MR) is 89.3 cm³/mol. The first-order valence-corrected chi connectivity index (χ1v) is 7.74. The SMILES string of the molecule is Cc1[nH]c2ccc(Cc3ccc(C(F)(F)F)cc3Cl)cc2c1C(=O)O. The van der Waals surface area contributed by atoms with Gasteiger partial charge in [-0.1, -0.05) is 23.7 Å². The Balaban J connectivity index is 1.98. The van der Waals surface area contributed by atoms with E-state index in [1.807, 2.05) is 0 Å². The number of aromatic carboxylic acids is 1. The van der Waals surface area contributed by atoms with E-state index < -0.39 is 17.7 Å². The molecule has 2 aromatic carbocycles. The summed E-state index contributed by atoms with van der Waals surface area (Å²) < 4.78 is 38.1. The third kappa shape index (κ3) is 3.35. The van der Waals surface area contributed by atoms with Gasteiger partial charge in [0.25, 0.3) is 0 Å². The highest BCUT2D eigenvalue weighted by atomic mass is 35.5. The molecule has 0 spiro atoms. The molecule has 0 saturated carbocycles. The molecule has 0 unspecified atom stereocenters. The second-order valence-corrected chi connectivity index (χ2v) is 6.20. The van der Waals surface area contributed by atoms with Crippen molar-refractivity contribution in [3.63, 3.8) is 0 Å². The summed E-state index contributed by atoms with van der Waals surface area (Å²) in [7, 11) is 0. The number of carboxylic acids is 1. The van der Waals surface area contributed by atoms with Crippen LogP contribution in [0.2, 0.25) is 5.02 Å². The van der Waals surface area contributed by atoms with Gasteiger partial charge in [0.15, 0.2) is 0 Å². The number of nitrogens with one attached hydrogen (secondary N) is 1. The fourth-order valence-corrected chi connectivity index (χ4v) is 3.09. The van der Waals surface area contributed by atoms with Crippen LogP contribution < -0.4 is 0 Å². The average molecular weight is 368 g/mol. The lowest BCUT2D eigenvalue weighted by atomic mass is 10.0. The highest BCUT2D eigenvalue weighted by molar-refractivity contribution is 6.31. The first kappa shape index (κ1) is 17.4. The third-order valence-corrected chi connectivity index (χ3v) is 4.39. The minimum absolute atomic E-state index is 0.0265. The molecule has 0 amide bonds. The average Bonchev–Trinajstić information content (AvgIpc) is 2.83. The van der Waals surface area contributed by atoms with Gasteiger partial charge < -0.3 is 10.1 Å². The number of halogens is 4. The van der Waals surface area contributed by atoms with Crippen LogP contribution in [0.3, 0.4) is 0 Å². The number of H-pyrrole nitrogens is 1. The van der Waals surface area contributed by atoms with Crippen molar-refractivity contribution in [3.8, 4) is 0 Å². The van der Waals surface area contributed by atoms with E-state index in [-0.39, 0.29) is 10.6 Å². The highest BCUT2D eigenvalue weighted by Gasteiger charge is 2.30. The number of carboxylic acid groups (broad SMARTS) is 1. The molecule has 0 aliphatic rings. The molecule has 3 rings (SSSR count). The Morgan fingerprint density at radius 3 is 2.52 bits per heavy atom. The number of aryl methyl sites for hydroxylation is 1. The van der Waals surface area contributed by atoms with E-state index in [2.05, 4.69) is 4.98 Å². The first-order chi connectivity index (χ1) is 11.7. The van der Waals surface area contributed by atoms with Gasteiger partial charge in [-0.25, -0.2) is 4.79 Å². The largest absolute Gasteiger partial charge is 0.478 e. The van der Waals surface area contributed by atoms with Crippen LogP contribution in [0.25, 0.3) is 10.9 Å². The van der Waals surface area contributed by atoms with Crippen molar-refractivity contribution in [3.05, 3.63) is 69.4 Å². The van der Waals surface area contributed by atoms with E-state index in [0.29, 0.717) is 28.6 Å². The second-order valence-electron chi connectivity index (χ2n) is 5.79. The fourth-order valence-electron chi connectivity index (χ4n) is 2.85. The van der Waals surface area contributed by atoms with E-state index in [1.165, 1.54) is 6.07 Å². The lowest BCUT2D eigenvalue weighted by Gasteiger charge is -2.10. The standard InChI is InChI=1S/C18H13ClF3NO2/c1-9-16(17(24)25)13-7-10(2-5-15(13)23-9)6-11-3-4-12(8-14(11)19)18(20,21)22/h2-5,7-8,23H,6H2,1H3,(H,24,25). The van der Waals surface area contributed by atoms with Crippen LogP contribution in [0, 0.1) is 6.92 Å². The number of hydrogen-bond acceptors (Lipinski definition) is 1. The summed E-state index contributed by atoms with van der Waals surface area (Å²) in [5.74, 6) is -1.03. The molecule has 0 saturated heterocycles. The number of fused-ring (bicyclic) bond motifs is 1. The minimum atomic E-state index is -4.44. The van der Waals surface area contributed by atoms with Crippen LogP contribution in [0.4, 0.5) is 13.2 Å². The minimum Gasteiger partial charge on any atom is -0.478 e. The Labute approximate surface area is 146 Å². The number of rotatable bonds is 3. The molecule has 3 aromatic rings. The number of alkyl halides is 3. The molecule has 0 radical (unpaired) electrons. The molecule has 0 aliphatic carbocycles. The second kappa shape index (κ2) is 6.11. The Morgan fingerprint density at radius 2 is 1.92 bits per heavy atom. The van der Waals surface area contributed by atoms with Gasteiger partial charge in [0.2, 0.25) is 0 Å². The molecule has 0 aliphatic heterocycles. The van der Waals surface area contributed by atoms with Gasteiger partial charge in [-0.2, -0.15) is 13.2 Å². The molecule has 1 aromatic heterocycles. The summed E-state index contributed by atoms with van der Waals surface area (Å²) in [4.78, 5) is 14.4. The molecule has 130 valence electrons. The third-order valence-electron chi connectivity index (χ3n) is 4.04. The van der Waals surface area contributed by atoms with Crippen molar-refractivity contribution in [1.29, 1.82) is 0 Å². The van der Waals surface area contributed by atoms with Gasteiger partial charge in [-0.15, -0.1) is 0 Å². The quantitative estimate of drug-likeness (QED) is 0.647. The molecule has 0 atom stereocenters. The molecule has 2 N–H and O–H groups in total. The Bertz CT molecular complexity index is 976. The van der Waals surface area contributed by atoms with Crippen molar-refractivity contribution < 1.29 is 23.1 Å². The molecule has 3 nitrogen and oxygen atoms in total. The smallest absolute Gasteiger partial charge is 0.416 e. The summed E-state index contributed by atoms with van der Waals surface area (Å²) >= 11 is 5.99. The molecule has 7 heteroatoms. The van der Waals surface area contributed by atoms with E-state index in [4.69, 9.17) is 11.6 Å². The Hall–Kier alpha value is -2.47. The van der Waals surface area contributed by atoms with Gasteiger partial charge in [0, 0.05) is 21.6 Å². The van der Waals surface area contributed by atoms with Gasteiger partial charge in [-0.3, -0.25) is 0 Å². The Morgan fingerprint density at radius 1 is 1.20 bits per heavy atom. The van der Waals surface area contributed by atoms with Crippen molar-refractivity contribution in [2.24, 2.45) is 0 Å². The van der Waals surface area contributed by atoms with Crippen LogP contribution in [0.15, 0.2) is 36.4 Å². The van der Waals surface area contributed by atoms with Gasteiger partial charge in [0.1, 0.15) is 0 Å². The highest BCUT2D eigenvalue weighted by Crippen LogP contribution is 2.33. The maximum absolute atomic E-state index is 12.7. The summed E-state index contributed by atoms with van der Waals surface area (Å²) in [6.45, 7) is 1.68. The number of aromatic nitrogens is 1. The van der Waals surface area contributed by atoms with E-state index >= 15 is 0 Å². The van der Waals surface area contributed by atoms with Crippen molar-refractivity contribution in [1.82, 2.24) is 4.98 Å². The van der Waals surface area contributed by atoms with Crippen LogP contribution in [-0.4, -0.2) is 16.1 Å². The fraction of sp³-hybridized carbons (Fsp3) is 0.167. The van der Waals surface area contributed by atoms with Crippen LogP contribution in [0.1, 0.15) is 32.7 Å². The number of hydrogen-bond donors (Lipinski definition) is 2. The van der Waals surface area contributed by atoms with E-state index in [9.17, 15) is 23.1 Å². The molecule has 1 heterocycles. The number of carbonyl (C=O) groups is 1. The zero-order chi connectivity index (χ0) is 18.4. The van der Waals surface area contributed by atoms with Crippen LogP contribution in [0.5, 0.6) is 0 Å². The van der Waals surface area contributed by atoms with Crippen LogP contribution in [-0.2, 0) is 12.6 Å². The van der Waals surface area contributed by atoms with Crippen molar-refractivity contribution in [2.45, 2.75) is 19.5 Å². The van der Waals surface area contributed by atoms with Crippen LogP contribution >= 0.6 is 11.6 Å². The summed E-state index contributed by atoms with van der Waals surface area (Å²) in [5.41, 5.74) is 1.93. The van der Waals surface area contributed by atoms with Crippen molar-refractivity contribution in [2.75, 3.05) is 0 Å². The van der Waals surface area contributed by atoms with Gasteiger partial charge >= 0.3 is 12.1 Å². The summed E-state index contributed by atoms with van der Waals surface area (Å²) in [6.07, 6.45) is -4.14. The monoisotopic (exact) mass is 367 g/mol. The van der Waals surface area contributed by atoms with E-state index in [0.717, 1.165) is 17.7 Å². The molecule has 25 heavy (non-hydrogen) atoms. The number of aromatic amines is 1. The molecular formula is C18H13ClF3NO2. The molecule has 0 bridgehead atoms. The van der Waals surface area contributed by atoms with Gasteiger partial charge in [-0.05, 0) is 48.7 Å². The maximum atomic E-state index is 12.7. The predicted octanol–water partition coefficient (Wildman–Crippen LogP) is 5.44. The molecular weight excluding hydrogens is 355 g/mol. The van der Waals surface area contributed by atoms with Gasteiger partial charge in [0.05, 0.1) is 11.1 Å². The topological polar surface area (TPSA) is 53.1 Å². The zero-order valence-electron chi connectivity index (χ0n) is 13.0. The number of benzene rings is 2. The lowest BCUT2D eigenvalue weighted by Crippen LogP contribution is -2.05. The normalized spacial score (nSPS) is 11.9. The van der Waals surface area contributed by atoms with E-state index in [1.54, 1.807) is 25.1 Å². The summed E-state index contributed by atoms with van der Waals surface area (Å²) in [5, 5.41) is 9.92. The first-order valence-electron chi connectivity index (χ1n) is 7.37. The van der Waals surface area contributed by atoms with Crippen molar-refractivity contribution >= 4 is 28.5 Å². The maximum Gasteiger partial charge on any atom is 0.416 e. The zero-order valence-corrected chi connectivity index (χ0v) is 13.8. The summed E-state index contributed by atoms with van der Waals surface area (Å²) in [6, 6.07) is 8.49. The molecule has 0 fully saturated rings.